The Labute approximate surface area is 215 Å². The Morgan fingerprint density at radius 1 is 1.03 bits per heavy atom. The average Bonchev–Trinajstić information content (AvgIpc) is 2.91. The van der Waals surface area contributed by atoms with E-state index in [4.69, 9.17) is 9.47 Å². The third kappa shape index (κ3) is 5.65. The topological polar surface area (TPSA) is 79.9 Å². The van der Waals surface area contributed by atoms with E-state index in [2.05, 4.69) is 34.8 Å². The molecule has 0 aromatic heterocycles. The molecule has 2 amide bonds. The number of fused-ring (bicyclic) bond motifs is 1. The van der Waals surface area contributed by atoms with Crippen LogP contribution in [0.15, 0.2) is 72.8 Å². The maximum absolute atomic E-state index is 13.7. The number of ether oxygens (including phenoxy) is 2. The van der Waals surface area contributed by atoms with Gasteiger partial charge in [0.15, 0.2) is 0 Å². The molecule has 0 saturated carbocycles. The van der Waals surface area contributed by atoms with Crippen molar-refractivity contribution in [3.05, 3.63) is 101 Å². The van der Waals surface area contributed by atoms with E-state index in [1.807, 2.05) is 42.5 Å². The fourth-order valence-corrected chi connectivity index (χ4v) is 4.73. The van der Waals surface area contributed by atoms with E-state index in [9.17, 15) is 14.0 Å². The number of hydrogen-bond acceptors (Lipinski definition) is 5. The molecule has 3 aromatic rings. The lowest BCUT2D eigenvalue weighted by atomic mass is 9.76. The van der Waals surface area contributed by atoms with E-state index in [1.54, 1.807) is 13.2 Å². The molecule has 0 fully saturated rings. The molecule has 37 heavy (non-hydrogen) atoms. The van der Waals surface area contributed by atoms with Crippen LogP contribution in [0.25, 0.3) is 6.08 Å². The maximum Gasteiger partial charge on any atom is 0.264 e. The molecule has 4 rings (SSSR count). The van der Waals surface area contributed by atoms with Crippen LogP contribution in [0.4, 0.5) is 10.1 Å². The van der Waals surface area contributed by atoms with Crippen LogP contribution < -0.4 is 20.5 Å². The summed E-state index contributed by atoms with van der Waals surface area (Å²) in [6, 6.07) is 20.7. The third-order valence-electron chi connectivity index (χ3n) is 6.62. The first-order valence-corrected chi connectivity index (χ1v) is 11.9. The van der Waals surface area contributed by atoms with Gasteiger partial charge in [0.25, 0.3) is 11.8 Å². The van der Waals surface area contributed by atoms with Crippen LogP contribution in [0.1, 0.15) is 29.2 Å². The first-order chi connectivity index (χ1) is 17.8. The Balaban J connectivity index is 1.63. The van der Waals surface area contributed by atoms with Crippen molar-refractivity contribution in [3.8, 4) is 5.75 Å². The number of nitrogens with zero attached hydrogens (tertiary/aromatic N) is 1. The van der Waals surface area contributed by atoms with Crippen LogP contribution >= 0.6 is 0 Å². The normalized spacial score (nSPS) is 16.8. The van der Waals surface area contributed by atoms with Crippen molar-refractivity contribution in [1.82, 2.24) is 10.9 Å². The predicted molar refractivity (Wildman–Crippen MR) is 141 cm³/mol. The summed E-state index contributed by atoms with van der Waals surface area (Å²) in [5.41, 5.74) is 9.21. The van der Waals surface area contributed by atoms with Gasteiger partial charge >= 0.3 is 0 Å². The van der Waals surface area contributed by atoms with Gasteiger partial charge in [0.05, 0.1) is 12.6 Å². The SMILES string of the molecule is COCC(=O)NNC(=O)C=Cc1ccc(C2(C)c3ccc(OC)cc3CCN2c2ccc(F)cc2)cc1. The van der Waals surface area contributed by atoms with Gasteiger partial charge in [-0.25, -0.2) is 4.39 Å². The minimum atomic E-state index is -0.525. The molecular formula is C29H30FN3O4. The molecule has 1 aliphatic heterocycles. The van der Waals surface area contributed by atoms with Crippen molar-refractivity contribution in [3.63, 3.8) is 0 Å². The Morgan fingerprint density at radius 2 is 1.76 bits per heavy atom. The molecule has 0 spiro atoms. The van der Waals surface area contributed by atoms with Crippen LogP contribution in [0.5, 0.6) is 5.75 Å². The Morgan fingerprint density at radius 3 is 2.43 bits per heavy atom. The molecule has 0 aliphatic carbocycles. The highest BCUT2D eigenvalue weighted by Gasteiger charge is 2.40. The summed E-state index contributed by atoms with van der Waals surface area (Å²) in [6.07, 6.45) is 3.84. The highest BCUT2D eigenvalue weighted by atomic mass is 19.1. The Hall–Kier alpha value is -4.17. The van der Waals surface area contributed by atoms with Crippen molar-refractivity contribution >= 4 is 23.6 Å². The zero-order valence-corrected chi connectivity index (χ0v) is 21.1. The summed E-state index contributed by atoms with van der Waals surface area (Å²) >= 11 is 0. The van der Waals surface area contributed by atoms with Gasteiger partial charge in [-0.1, -0.05) is 30.3 Å². The second-order valence-electron chi connectivity index (χ2n) is 8.90. The zero-order chi connectivity index (χ0) is 26.4. The first kappa shape index (κ1) is 25.9. The predicted octanol–water partition coefficient (Wildman–Crippen LogP) is 3.97. The molecule has 0 radical (unpaired) electrons. The van der Waals surface area contributed by atoms with Gasteiger partial charge in [0, 0.05) is 25.4 Å². The van der Waals surface area contributed by atoms with E-state index in [1.165, 1.54) is 30.9 Å². The lowest BCUT2D eigenvalue weighted by molar-refractivity contribution is -0.129. The lowest BCUT2D eigenvalue weighted by Gasteiger charge is -2.48. The van der Waals surface area contributed by atoms with E-state index in [0.29, 0.717) is 0 Å². The molecular weight excluding hydrogens is 473 g/mol. The Bertz CT molecular complexity index is 1290. The van der Waals surface area contributed by atoms with Gasteiger partial charge in [-0.2, -0.15) is 0 Å². The summed E-state index contributed by atoms with van der Waals surface area (Å²) in [5.74, 6) is -0.365. The van der Waals surface area contributed by atoms with Gasteiger partial charge in [-0.15, -0.1) is 0 Å². The van der Waals surface area contributed by atoms with Crippen molar-refractivity contribution in [2.24, 2.45) is 0 Å². The third-order valence-corrected chi connectivity index (χ3v) is 6.62. The first-order valence-electron chi connectivity index (χ1n) is 11.9. The molecule has 1 atom stereocenters. The van der Waals surface area contributed by atoms with Gasteiger partial charge in [-0.05, 0) is 78.1 Å². The van der Waals surface area contributed by atoms with Gasteiger partial charge < -0.3 is 14.4 Å². The van der Waals surface area contributed by atoms with E-state index < -0.39 is 17.4 Å². The smallest absolute Gasteiger partial charge is 0.264 e. The molecule has 7 nitrogen and oxygen atoms in total. The van der Waals surface area contributed by atoms with E-state index in [-0.39, 0.29) is 12.4 Å². The molecule has 2 N–H and O–H groups in total. The number of hydrazine groups is 1. The molecule has 192 valence electrons. The van der Waals surface area contributed by atoms with E-state index in [0.717, 1.165) is 41.1 Å². The number of carbonyl (C=O) groups is 2. The largest absolute Gasteiger partial charge is 0.497 e. The van der Waals surface area contributed by atoms with Crippen molar-refractivity contribution in [2.75, 3.05) is 32.3 Å². The highest BCUT2D eigenvalue weighted by Crippen LogP contribution is 2.44. The van der Waals surface area contributed by atoms with Crippen LogP contribution in [-0.2, 0) is 26.3 Å². The number of hydrogen-bond donors (Lipinski definition) is 2. The number of halogens is 1. The lowest BCUT2D eigenvalue weighted by Crippen LogP contribution is -2.49. The van der Waals surface area contributed by atoms with Crippen molar-refractivity contribution in [2.45, 2.75) is 18.9 Å². The fourth-order valence-electron chi connectivity index (χ4n) is 4.73. The molecule has 1 heterocycles. The molecule has 8 heteroatoms. The minimum Gasteiger partial charge on any atom is -0.497 e. The second-order valence-corrected chi connectivity index (χ2v) is 8.90. The Kier molecular flexibility index (Phi) is 7.89. The molecule has 1 aliphatic rings. The quantitative estimate of drug-likeness (QED) is 0.377. The van der Waals surface area contributed by atoms with Gasteiger partial charge in [0.1, 0.15) is 18.2 Å². The average molecular weight is 504 g/mol. The van der Waals surface area contributed by atoms with Crippen LogP contribution in [-0.4, -0.2) is 39.2 Å². The van der Waals surface area contributed by atoms with Crippen LogP contribution in [0.3, 0.4) is 0 Å². The minimum absolute atomic E-state index is 0.144. The molecule has 3 aromatic carbocycles. The zero-order valence-electron chi connectivity index (χ0n) is 21.1. The highest BCUT2D eigenvalue weighted by molar-refractivity contribution is 5.93. The second kappa shape index (κ2) is 11.3. The number of amides is 2. The fraction of sp³-hybridized carbons (Fsp3) is 0.241. The van der Waals surface area contributed by atoms with Crippen LogP contribution in [0.2, 0.25) is 0 Å². The number of benzene rings is 3. The van der Waals surface area contributed by atoms with Gasteiger partial charge in [-0.3, -0.25) is 20.4 Å². The van der Waals surface area contributed by atoms with Crippen LogP contribution in [0, 0.1) is 5.82 Å². The molecule has 1 unspecified atom stereocenters. The number of nitrogens with one attached hydrogen (secondary N) is 2. The summed E-state index contributed by atoms with van der Waals surface area (Å²) in [4.78, 5) is 25.7. The maximum atomic E-state index is 13.7. The summed E-state index contributed by atoms with van der Waals surface area (Å²) in [7, 11) is 3.06. The molecule has 0 bridgehead atoms. The number of rotatable bonds is 7. The standard InChI is InChI=1S/C29H30FN3O4/c1-29(22-7-4-20(5-8-22)6-15-27(34)31-32-28(35)19-36-2)26-14-13-25(37-3)18-21(26)16-17-33(29)24-11-9-23(30)10-12-24/h4-15,18H,16-17,19H2,1-3H3,(H,31,34)(H,32,35). The van der Waals surface area contributed by atoms with Gasteiger partial charge in [0.2, 0.25) is 0 Å². The number of anilines is 1. The van der Waals surface area contributed by atoms with E-state index >= 15 is 0 Å². The van der Waals surface area contributed by atoms with Crippen molar-refractivity contribution < 1.29 is 23.5 Å². The summed E-state index contributed by atoms with van der Waals surface area (Å²) in [6.45, 7) is 2.77. The number of methoxy groups -OCH3 is 2. The van der Waals surface area contributed by atoms with Crippen molar-refractivity contribution in [1.29, 1.82) is 0 Å². The molecule has 0 saturated heterocycles. The summed E-state index contributed by atoms with van der Waals surface area (Å²) < 4.78 is 23.9. The number of carbonyl (C=O) groups excluding carboxylic acids is 2. The summed E-state index contributed by atoms with van der Waals surface area (Å²) in [5, 5.41) is 0. The monoisotopic (exact) mass is 503 g/mol.